The van der Waals surface area contributed by atoms with Crippen molar-refractivity contribution in [3.8, 4) is 22.8 Å². The van der Waals surface area contributed by atoms with Gasteiger partial charge < -0.3 is 24.6 Å². The van der Waals surface area contributed by atoms with Gasteiger partial charge in [0.2, 0.25) is 6.79 Å². The Kier molecular flexibility index (Phi) is 4.99. The van der Waals surface area contributed by atoms with Crippen molar-refractivity contribution in [2.24, 2.45) is 0 Å². The van der Waals surface area contributed by atoms with E-state index in [-0.39, 0.29) is 18.6 Å². The number of amides is 2. The second kappa shape index (κ2) is 8.10. The lowest BCUT2D eigenvalue weighted by Crippen LogP contribution is -2.50. The first-order valence-corrected chi connectivity index (χ1v) is 9.96. The van der Waals surface area contributed by atoms with Crippen LogP contribution in [0.3, 0.4) is 0 Å². The average molecular weight is 421 g/mol. The Morgan fingerprint density at radius 2 is 1.68 bits per heavy atom. The van der Waals surface area contributed by atoms with Crippen molar-refractivity contribution < 1.29 is 18.7 Å². The summed E-state index contributed by atoms with van der Waals surface area (Å²) in [4.78, 5) is 16.5. The fraction of sp³-hybridized carbons (Fsp3) is 0.227. The Balaban J connectivity index is 1.17. The molecule has 3 aromatic rings. The normalized spacial score (nSPS) is 15.1. The molecule has 0 unspecified atom stereocenters. The quantitative estimate of drug-likeness (QED) is 0.699. The van der Waals surface area contributed by atoms with Gasteiger partial charge in [0.1, 0.15) is 5.82 Å². The van der Waals surface area contributed by atoms with E-state index in [1.54, 1.807) is 35.2 Å². The van der Waals surface area contributed by atoms with E-state index in [0.717, 1.165) is 11.4 Å². The topological polar surface area (TPSA) is 79.8 Å². The number of carbonyl (C=O) groups is 1. The molecule has 2 aliphatic heterocycles. The molecule has 2 aromatic carbocycles. The molecule has 3 heterocycles. The van der Waals surface area contributed by atoms with Gasteiger partial charge in [0.25, 0.3) is 0 Å². The molecule has 1 aromatic heterocycles. The molecule has 0 bridgehead atoms. The van der Waals surface area contributed by atoms with Crippen LogP contribution in [0.2, 0.25) is 0 Å². The summed E-state index contributed by atoms with van der Waals surface area (Å²) in [6, 6.07) is 15.1. The maximum Gasteiger partial charge on any atom is 0.321 e. The highest BCUT2D eigenvalue weighted by Crippen LogP contribution is 2.34. The predicted octanol–water partition coefficient (Wildman–Crippen LogP) is 3.37. The number of rotatable bonds is 3. The second-order valence-corrected chi connectivity index (χ2v) is 7.26. The minimum Gasteiger partial charge on any atom is -0.454 e. The lowest BCUT2D eigenvalue weighted by atomic mass is 10.1. The van der Waals surface area contributed by atoms with Crippen molar-refractivity contribution >= 4 is 17.5 Å². The number of ether oxygens (including phenoxy) is 2. The summed E-state index contributed by atoms with van der Waals surface area (Å²) in [5.74, 6) is 1.78. The van der Waals surface area contributed by atoms with Crippen molar-refractivity contribution in [1.29, 1.82) is 0 Å². The Morgan fingerprint density at radius 3 is 2.42 bits per heavy atom. The van der Waals surface area contributed by atoms with Crippen LogP contribution >= 0.6 is 0 Å². The molecule has 1 fully saturated rings. The molecule has 0 aliphatic carbocycles. The summed E-state index contributed by atoms with van der Waals surface area (Å²) >= 11 is 0. The zero-order chi connectivity index (χ0) is 21.2. The Labute approximate surface area is 178 Å². The summed E-state index contributed by atoms with van der Waals surface area (Å²) in [5.41, 5.74) is 2.16. The monoisotopic (exact) mass is 421 g/mol. The molecule has 0 atom stereocenters. The first-order chi connectivity index (χ1) is 15.2. The van der Waals surface area contributed by atoms with Crippen LogP contribution in [0, 0.1) is 5.82 Å². The van der Waals surface area contributed by atoms with Gasteiger partial charge in [-0.3, -0.25) is 0 Å². The number of hydrogen-bond acceptors (Lipinski definition) is 6. The lowest BCUT2D eigenvalue weighted by molar-refractivity contribution is 0.174. The number of hydrogen-bond donors (Lipinski definition) is 1. The van der Waals surface area contributed by atoms with Crippen LogP contribution in [0.1, 0.15) is 0 Å². The van der Waals surface area contributed by atoms with E-state index in [1.807, 2.05) is 12.1 Å². The summed E-state index contributed by atoms with van der Waals surface area (Å²) < 4.78 is 23.7. The SMILES string of the molecule is O=C(Nc1ccc2c(c1)OCO2)N1CCN(c2ccc(-c3ccc(F)cc3)nn2)CC1. The van der Waals surface area contributed by atoms with Gasteiger partial charge in [-0.2, -0.15) is 0 Å². The summed E-state index contributed by atoms with van der Waals surface area (Å²) in [6.45, 7) is 2.64. The molecule has 8 nitrogen and oxygen atoms in total. The van der Waals surface area contributed by atoms with E-state index in [2.05, 4.69) is 20.4 Å². The van der Waals surface area contributed by atoms with Crippen LogP contribution < -0.4 is 19.7 Å². The fourth-order valence-electron chi connectivity index (χ4n) is 3.58. The molecule has 1 saturated heterocycles. The first-order valence-electron chi connectivity index (χ1n) is 9.96. The predicted molar refractivity (Wildman–Crippen MR) is 113 cm³/mol. The molecule has 2 aliphatic rings. The van der Waals surface area contributed by atoms with Crippen molar-refractivity contribution in [1.82, 2.24) is 15.1 Å². The number of benzene rings is 2. The summed E-state index contributed by atoms with van der Waals surface area (Å²) in [7, 11) is 0. The average Bonchev–Trinajstić information content (AvgIpc) is 3.28. The summed E-state index contributed by atoms with van der Waals surface area (Å²) in [5, 5.41) is 11.5. The minimum absolute atomic E-state index is 0.156. The third kappa shape index (κ3) is 4.07. The second-order valence-electron chi connectivity index (χ2n) is 7.26. The number of urea groups is 1. The van der Waals surface area contributed by atoms with E-state index in [1.165, 1.54) is 12.1 Å². The van der Waals surface area contributed by atoms with Gasteiger partial charge in [-0.05, 0) is 48.5 Å². The standard InChI is InChI=1S/C22H20FN5O3/c23-16-3-1-15(2-4-16)18-6-8-21(26-25-18)27-9-11-28(12-10-27)22(29)24-17-5-7-19-20(13-17)31-14-30-19/h1-8,13H,9-12,14H2,(H,24,29). The van der Waals surface area contributed by atoms with E-state index in [4.69, 9.17) is 9.47 Å². The van der Waals surface area contributed by atoms with Crippen LogP contribution in [0.4, 0.5) is 20.7 Å². The van der Waals surface area contributed by atoms with Gasteiger partial charge in [-0.25, -0.2) is 9.18 Å². The zero-order valence-corrected chi connectivity index (χ0v) is 16.6. The number of carbonyl (C=O) groups excluding carboxylic acids is 1. The number of halogens is 1. The Bertz CT molecular complexity index is 1080. The van der Waals surface area contributed by atoms with Gasteiger partial charge in [0.05, 0.1) is 5.69 Å². The highest BCUT2D eigenvalue weighted by Gasteiger charge is 2.23. The maximum absolute atomic E-state index is 13.1. The molecule has 0 saturated carbocycles. The van der Waals surface area contributed by atoms with Gasteiger partial charge in [0, 0.05) is 43.5 Å². The highest BCUT2D eigenvalue weighted by atomic mass is 19.1. The van der Waals surface area contributed by atoms with Gasteiger partial charge in [-0.1, -0.05) is 0 Å². The summed E-state index contributed by atoms with van der Waals surface area (Å²) in [6.07, 6.45) is 0. The molecule has 0 spiro atoms. The van der Waals surface area contributed by atoms with E-state index in [9.17, 15) is 9.18 Å². The number of fused-ring (bicyclic) bond motifs is 1. The molecule has 9 heteroatoms. The molecule has 158 valence electrons. The van der Waals surface area contributed by atoms with Crippen molar-refractivity contribution in [3.05, 3.63) is 60.4 Å². The Morgan fingerprint density at radius 1 is 0.903 bits per heavy atom. The van der Waals surface area contributed by atoms with Crippen molar-refractivity contribution in [2.45, 2.75) is 0 Å². The third-order valence-electron chi connectivity index (χ3n) is 5.31. The molecule has 0 radical (unpaired) electrons. The lowest BCUT2D eigenvalue weighted by Gasteiger charge is -2.35. The first kappa shape index (κ1) is 19.1. The van der Waals surface area contributed by atoms with Gasteiger partial charge in [0.15, 0.2) is 17.3 Å². The van der Waals surface area contributed by atoms with Crippen molar-refractivity contribution in [3.63, 3.8) is 0 Å². The van der Waals surface area contributed by atoms with Crippen LogP contribution in [-0.2, 0) is 0 Å². The Hall–Kier alpha value is -3.88. The molecule has 2 amide bonds. The van der Waals surface area contributed by atoms with Gasteiger partial charge >= 0.3 is 6.03 Å². The van der Waals surface area contributed by atoms with Crippen LogP contribution in [0.25, 0.3) is 11.3 Å². The molecule has 1 N–H and O–H groups in total. The van der Waals surface area contributed by atoms with Crippen LogP contribution in [0.5, 0.6) is 11.5 Å². The van der Waals surface area contributed by atoms with Crippen molar-refractivity contribution in [2.75, 3.05) is 43.2 Å². The fourth-order valence-corrected chi connectivity index (χ4v) is 3.58. The van der Waals surface area contributed by atoms with E-state index in [0.29, 0.717) is 49.1 Å². The molecular formula is C22H20FN5O3. The van der Waals surface area contributed by atoms with Crippen LogP contribution in [0.15, 0.2) is 54.6 Å². The van der Waals surface area contributed by atoms with Crippen LogP contribution in [-0.4, -0.2) is 54.1 Å². The minimum atomic E-state index is -0.284. The maximum atomic E-state index is 13.1. The number of anilines is 2. The molecular weight excluding hydrogens is 401 g/mol. The van der Waals surface area contributed by atoms with E-state index >= 15 is 0 Å². The smallest absolute Gasteiger partial charge is 0.321 e. The van der Waals surface area contributed by atoms with E-state index < -0.39 is 0 Å². The largest absolute Gasteiger partial charge is 0.454 e. The number of piperazine rings is 1. The number of nitrogens with zero attached hydrogens (tertiary/aromatic N) is 4. The molecule has 31 heavy (non-hydrogen) atoms. The number of nitrogens with one attached hydrogen (secondary N) is 1. The zero-order valence-electron chi connectivity index (χ0n) is 16.6. The highest BCUT2D eigenvalue weighted by molar-refractivity contribution is 5.90. The molecule has 5 rings (SSSR count). The van der Waals surface area contributed by atoms with Gasteiger partial charge in [-0.15, -0.1) is 10.2 Å². The third-order valence-corrected chi connectivity index (χ3v) is 5.31. The number of aromatic nitrogens is 2.